The van der Waals surface area contributed by atoms with Crippen LogP contribution in [-0.2, 0) is 4.74 Å². The molecule has 21 heavy (non-hydrogen) atoms. The highest BCUT2D eigenvalue weighted by molar-refractivity contribution is 5.88. The smallest absolute Gasteiger partial charge is 0.320 e. The van der Waals surface area contributed by atoms with Gasteiger partial charge in [0.05, 0.1) is 12.2 Å². The molecule has 0 saturated carbocycles. The van der Waals surface area contributed by atoms with Crippen LogP contribution >= 0.6 is 0 Å². The number of morpholine rings is 1. The molecule has 0 bridgehead atoms. The Hall–Kier alpha value is -1.66. The maximum Gasteiger partial charge on any atom is 0.320 e. The number of carbonyl (C=O) groups is 1. The van der Waals surface area contributed by atoms with Crippen LogP contribution in [0.15, 0.2) is 18.3 Å². The number of rotatable bonds is 4. The third kappa shape index (κ3) is 4.99. The Morgan fingerprint density at radius 3 is 2.81 bits per heavy atom. The number of nitrogens with one attached hydrogen (secondary N) is 2. The molecule has 1 aliphatic rings. The fourth-order valence-corrected chi connectivity index (χ4v) is 2.56. The van der Waals surface area contributed by atoms with Crippen molar-refractivity contribution < 1.29 is 9.53 Å². The van der Waals surface area contributed by atoms with E-state index in [4.69, 9.17) is 4.74 Å². The summed E-state index contributed by atoms with van der Waals surface area (Å²) in [7, 11) is 0. The first kappa shape index (κ1) is 15.7. The minimum atomic E-state index is -0.217. The molecule has 116 valence electrons. The van der Waals surface area contributed by atoms with Gasteiger partial charge in [0.25, 0.3) is 0 Å². The highest BCUT2D eigenvalue weighted by atomic mass is 16.5. The zero-order chi connectivity index (χ0) is 15.2. The summed E-state index contributed by atoms with van der Waals surface area (Å²) in [5.41, 5.74) is 0.948. The van der Waals surface area contributed by atoms with Gasteiger partial charge in [-0.3, -0.25) is 10.2 Å². The molecule has 6 heteroatoms. The Morgan fingerprint density at radius 1 is 1.43 bits per heavy atom. The van der Waals surface area contributed by atoms with Crippen LogP contribution in [0.5, 0.6) is 0 Å². The van der Waals surface area contributed by atoms with Crippen LogP contribution in [0.1, 0.15) is 19.4 Å². The summed E-state index contributed by atoms with van der Waals surface area (Å²) in [5, 5.41) is 5.62. The zero-order valence-corrected chi connectivity index (χ0v) is 12.9. The lowest BCUT2D eigenvalue weighted by atomic mass is 10.2. The second-order valence-electron chi connectivity index (χ2n) is 5.57. The lowest BCUT2D eigenvalue weighted by molar-refractivity contribution is -0.0672. The monoisotopic (exact) mass is 292 g/mol. The Bertz CT molecular complexity index is 470. The number of anilines is 1. The number of aryl methyl sites for hydroxylation is 1. The SMILES string of the molecule is Cc1cccnc1NC(=O)NCCN1C[C@H](C)O[C@@H](C)C1. The van der Waals surface area contributed by atoms with E-state index >= 15 is 0 Å². The topological polar surface area (TPSA) is 66.5 Å². The first-order valence-electron chi connectivity index (χ1n) is 7.39. The third-order valence-corrected chi connectivity index (χ3v) is 3.45. The Balaban J connectivity index is 1.71. The van der Waals surface area contributed by atoms with Gasteiger partial charge in [0.1, 0.15) is 5.82 Å². The number of urea groups is 1. The van der Waals surface area contributed by atoms with E-state index in [9.17, 15) is 4.79 Å². The first-order valence-corrected chi connectivity index (χ1v) is 7.39. The van der Waals surface area contributed by atoms with Crippen molar-refractivity contribution in [3.05, 3.63) is 23.9 Å². The molecule has 1 aromatic heterocycles. The van der Waals surface area contributed by atoms with Crippen LogP contribution in [0.4, 0.5) is 10.6 Å². The van der Waals surface area contributed by atoms with Crippen LogP contribution in [-0.4, -0.2) is 54.3 Å². The first-order chi connectivity index (χ1) is 10.0. The van der Waals surface area contributed by atoms with Gasteiger partial charge < -0.3 is 10.1 Å². The molecule has 2 heterocycles. The van der Waals surface area contributed by atoms with Gasteiger partial charge in [0.15, 0.2) is 0 Å². The molecule has 2 N–H and O–H groups in total. The van der Waals surface area contributed by atoms with E-state index in [1.54, 1.807) is 6.20 Å². The van der Waals surface area contributed by atoms with E-state index in [2.05, 4.69) is 34.4 Å². The van der Waals surface area contributed by atoms with Gasteiger partial charge in [0, 0.05) is 32.4 Å². The van der Waals surface area contributed by atoms with Crippen LogP contribution in [0.25, 0.3) is 0 Å². The number of nitrogens with zero attached hydrogens (tertiary/aromatic N) is 2. The molecule has 2 rings (SSSR count). The average molecular weight is 292 g/mol. The van der Waals surface area contributed by atoms with Crippen molar-refractivity contribution in [2.75, 3.05) is 31.5 Å². The summed E-state index contributed by atoms with van der Waals surface area (Å²) in [6.07, 6.45) is 2.16. The third-order valence-electron chi connectivity index (χ3n) is 3.45. The summed E-state index contributed by atoms with van der Waals surface area (Å²) < 4.78 is 5.69. The van der Waals surface area contributed by atoms with Crippen molar-refractivity contribution in [3.8, 4) is 0 Å². The van der Waals surface area contributed by atoms with Gasteiger partial charge in [-0.05, 0) is 32.4 Å². The fraction of sp³-hybridized carbons (Fsp3) is 0.600. The number of pyridine rings is 1. The lowest BCUT2D eigenvalue weighted by Gasteiger charge is -2.35. The lowest BCUT2D eigenvalue weighted by Crippen LogP contribution is -2.48. The second kappa shape index (κ2) is 7.38. The number of hydrogen-bond acceptors (Lipinski definition) is 4. The largest absolute Gasteiger partial charge is 0.373 e. The molecule has 2 amide bonds. The highest BCUT2D eigenvalue weighted by Gasteiger charge is 2.21. The summed E-state index contributed by atoms with van der Waals surface area (Å²) in [6.45, 7) is 9.32. The average Bonchev–Trinajstić information content (AvgIpc) is 2.40. The fourth-order valence-electron chi connectivity index (χ4n) is 2.56. The molecule has 0 aromatic carbocycles. The van der Waals surface area contributed by atoms with E-state index in [1.165, 1.54) is 0 Å². The Kier molecular flexibility index (Phi) is 5.52. The molecule has 1 aliphatic heterocycles. The van der Waals surface area contributed by atoms with Gasteiger partial charge in [-0.25, -0.2) is 9.78 Å². The van der Waals surface area contributed by atoms with Crippen molar-refractivity contribution in [1.82, 2.24) is 15.2 Å². The molecular weight excluding hydrogens is 268 g/mol. The summed E-state index contributed by atoms with van der Waals surface area (Å²) in [6, 6.07) is 3.55. The molecule has 1 saturated heterocycles. The molecule has 0 aliphatic carbocycles. The van der Waals surface area contributed by atoms with Crippen LogP contribution < -0.4 is 10.6 Å². The van der Waals surface area contributed by atoms with E-state index in [-0.39, 0.29) is 18.2 Å². The van der Waals surface area contributed by atoms with Gasteiger partial charge in [-0.2, -0.15) is 0 Å². The Labute approximate surface area is 125 Å². The molecule has 0 spiro atoms. The van der Waals surface area contributed by atoms with Crippen molar-refractivity contribution in [2.45, 2.75) is 33.0 Å². The van der Waals surface area contributed by atoms with Gasteiger partial charge >= 0.3 is 6.03 Å². The van der Waals surface area contributed by atoms with Gasteiger partial charge in [0.2, 0.25) is 0 Å². The normalized spacial score (nSPS) is 22.8. The molecule has 2 atom stereocenters. The molecule has 0 unspecified atom stereocenters. The van der Waals surface area contributed by atoms with E-state index in [0.29, 0.717) is 12.4 Å². The van der Waals surface area contributed by atoms with Crippen molar-refractivity contribution >= 4 is 11.8 Å². The number of hydrogen-bond donors (Lipinski definition) is 2. The number of aromatic nitrogens is 1. The standard InChI is InChI=1S/C15H24N4O2/c1-11-5-4-6-16-14(11)18-15(20)17-7-8-19-9-12(2)21-13(3)10-19/h4-6,12-13H,7-10H2,1-3H3,(H2,16,17,18,20)/t12-,13-/m0/s1. The van der Waals surface area contributed by atoms with Crippen LogP contribution in [0, 0.1) is 6.92 Å². The van der Waals surface area contributed by atoms with Crippen LogP contribution in [0.2, 0.25) is 0 Å². The minimum absolute atomic E-state index is 0.217. The minimum Gasteiger partial charge on any atom is -0.373 e. The van der Waals surface area contributed by atoms with E-state index < -0.39 is 0 Å². The van der Waals surface area contributed by atoms with Crippen molar-refractivity contribution in [1.29, 1.82) is 0 Å². The highest BCUT2D eigenvalue weighted by Crippen LogP contribution is 2.10. The zero-order valence-electron chi connectivity index (χ0n) is 12.9. The summed E-state index contributed by atoms with van der Waals surface area (Å²) in [4.78, 5) is 18.3. The molecule has 6 nitrogen and oxygen atoms in total. The number of amides is 2. The van der Waals surface area contributed by atoms with E-state index in [1.807, 2.05) is 19.1 Å². The summed E-state index contributed by atoms with van der Waals surface area (Å²) >= 11 is 0. The quantitative estimate of drug-likeness (QED) is 0.885. The van der Waals surface area contributed by atoms with Crippen molar-refractivity contribution in [2.24, 2.45) is 0 Å². The number of ether oxygens (including phenoxy) is 1. The molecular formula is C15H24N4O2. The number of carbonyl (C=O) groups excluding carboxylic acids is 1. The Morgan fingerprint density at radius 2 is 2.14 bits per heavy atom. The van der Waals surface area contributed by atoms with Crippen LogP contribution in [0.3, 0.4) is 0 Å². The van der Waals surface area contributed by atoms with E-state index in [0.717, 1.165) is 25.2 Å². The van der Waals surface area contributed by atoms with Gasteiger partial charge in [-0.1, -0.05) is 6.07 Å². The maximum atomic E-state index is 11.8. The summed E-state index contributed by atoms with van der Waals surface area (Å²) in [5.74, 6) is 0.601. The maximum absolute atomic E-state index is 11.8. The molecule has 1 fully saturated rings. The second-order valence-corrected chi connectivity index (χ2v) is 5.57. The van der Waals surface area contributed by atoms with Gasteiger partial charge in [-0.15, -0.1) is 0 Å². The predicted octanol–water partition coefficient (Wildman–Crippen LogP) is 1.62. The van der Waals surface area contributed by atoms with Crippen molar-refractivity contribution in [3.63, 3.8) is 0 Å². The predicted molar refractivity (Wildman–Crippen MR) is 82.4 cm³/mol. The molecule has 0 radical (unpaired) electrons. The molecule has 1 aromatic rings.